The minimum Gasteiger partial charge on any atom is -0.478 e. The highest BCUT2D eigenvalue weighted by atomic mass is 16.4. The molecule has 116 valence electrons. The number of imidazole rings is 1. The van der Waals surface area contributed by atoms with E-state index in [1.807, 2.05) is 38.1 Å². The molecule has 1 heterocycles. The van der Waals surface area contributed by atoms with Crippen molar-refractivity contribution in [1.29, 1.82) is 0 Å². The summed E-state index contributed by atoms with van der Waals surface area (Å²) in [5.41, 5.74) is 1.55. The van der Waals surface area contributed by atoms with Crippen LogP contribution >= 0.6 is 0 Å². The van der Waals surface area contributed by atoms with E-state index in [1.54, 1.807) is 12.1 Å². The highest BCUT2D eigenvalue weighted by molar-refractivity contribution is 6.08. The normalized spacial score (nSPS) is 11.1. The van der Waals surface area contributed by atoms with Gasteiger partial charge in [0.15, 0.2) is 0 Å². The third-order valence-electron chi connectivity index (χ3n) is 3.69. The standard InChI is InChI=1S/C18H16N2O3/c1-11(2)16-19-14-9-5-6-10-15(14)20(16)17(21)12-7-3-4-8-13(12)18(22)23/h3-11H,1-2H3,(H,22,23). The van der Waals surface area contributed by atoms with Crippen LogP contribution in [-0.4, -0.2) is 26.5 Å². The maximum atomic E-state index is 13.0. The van der Waals surface area contributed by atoms with Crippen LogP contribution in [0.3, 0.4) is 0 Å². The lowest BCUT2D eigenvalue weighted by atomic mass is 10.1. The van der Waals surface area contributed by atoms with Crippen LogP contribution in [-0.2, 0) is 0 Å². The molecule has 0 aliphatic rings. The Morgan fingerprint density at radius 1 is 1.00 bits per heavy atom. The molecule has 0 aliphatic heterocycles. The number of hydrogen-bond donors (Lipinski definition) is 1. The summed E-state index contributed by atoms with van der Waals surface area (Å²) >= 11 is 0. The van der Waals surface area contributed by atoms with Crippen LogP contribution in [0.15, 0.2) is 48.5 Å². The second-order valence-corrected chi connectivity index (χ2v) is 5.60. The average Bonchev–Trinajstić information content (AvgIpc) is 2.94. The summed E-state index contributed by atoms with van der Waals surface area (Å²) < 4.78 is 1.52. The van der Waals surface area contributed by atoms with E-state index in [1.165, 1.54) is 16.7 Å². The van der Waals surface area contributed by atoms with Crippen molar-refractivity contribution in [3.05, 3.63) is 65.5 Å². The van der Waals surface area contributed by atoms with Crippen LogP contribution in [0, 0.1) is 0 Å². The van der Waals surface area contributed by atoms with Crippen molar-refractivity contribution < 1.29 is 14.7 Å². The zero-order chi connectivity index (χ0) is 16.6. The minimum atomic E-state index is -1.12. The summed E-state index contributed by atoms with van der Waals surface area (Å²) in [6.07, 6.45) is 0. The quantitative estimate of drug-likeness (QED) is 0.803. The highest BCUT2D eigenvalue weighted by Crippen LogP contribution is 2.24. The Balaban J connectivity index is 2.26. The predicted molar refractivity (Wildman–Crippen MR) is 87.0 cm³/mol. The number of carboxylic acid groups (broad SMARTS) is 1. The fourth-order valence-electron chi connectivity index (χ4n) is 2.62. The van der Waals surface area contributed by atoms with E-state index >= 15 is 0 Å². The minimum absolute atomic E-state index is 0.00927. The number of rotatable bonds is 3. The number of carbonyl (C=O) groups excluding carboxylic acids is 1. The van der Waals surface area contributed by atoms with Gasteiger partial charge in [-0.25, -0.2) is 9.78 Å². The molecule has 5 nitrogen and oxygen atoms in total. The van der Waals surface area contributed by atoms with Crippen molar-refractivity contribution >= 4 is 22.9 Å². The molecule has 3 aromatic rings. The summed E-state index contributed by atoms with van der Waals surface area (Å²) in [6, 6.07) is 13.6. The fourth-order valence-corrected chi connectivity index (χ4v) is 2.62. The summed E-state index contributed by atoms with van der Waals surface area (Å²) in [5.74, 6) is -0.843. The molecule has 5 heteroatoms. The topological polar surface area (TPSA) is 72.2 Å². The summed E-state index contributed by atoms with van der Waals surface area (Å²) in [5, 5.41) is 9.33. The molecule has 0 radical (unpaired) electrons. The second-order valence-electron chi connectivity index (χ2n) is 5.60. The lowest BCUT2D eigenvalue weighted by Crippen LogP contribution is -2.19. The van der Waals surface area contributed by atoms with Crippen molar-refractivity contribution in [2.24, 2.45) is 0 Å². The van der Waals surface area contributed by atoms with Gasteiger partial charge in [0, 0.05) is 5.92 Å². The molecule has 0 amide bonds. The van der Waals surface area contributed by atoms with Crippen molar-refractivity contribution in [1.82, 2.24) is 9.55 Å². The zero-order valence-corrected chi connectivity index (χ0v) is 12.9. The molecule has 0 fully saturated rings. The van der Waals surface area contributed by atoms with Gasteiger partial charge in [-0.05, 0) is 24.3 Å². The van der Waals surface area contributed by atoms with Crippen LogP contribution < -0.4 is 0 Å². The Morgan fingerprint density at radius 3 is 2.26 bits per heavy atom. The molecule has 0 unspecified atom stereocenters. The molecule has 0 bridgehead atoms. The Morgan fingerprint density at radius 2 is 1.61 bits per heavy atom. The Kier molecular flexibility index (Phi) is 3.70. The first kappa shape index (κ1) is 15.0. The number of carboxylic acids is 1. The smallest absolute Gasteiger partial charge is 0.336 e. The van der Waals surface area contributed by atoms with Crippen LogP contribution in [0.5, 0.6) is 0 Å². The molecule has 1 aromatic heterocycles. The van der Waals surface area contributed by atoms with Gasteiger partial charge in [-0.15, -0.1) is 0 Å². The van der Waals surface area contributed by atoms with Gasteiger partial charge >= 0.3 is 5.97 Å². The fraction of sp³-hybridized carbons (Fsp3) is 0.167. The second kappa shape index (κ2) is 5.68. The number of hydrogen-bond acceptors (Lipinski definition) is 3. The molecule has 3 rings (SSSR count). The zero-order valence-electron chi connectivity index (χ0n) is 12.9. The molecular weight excluding hydrogens is 292 g/mol. The van der Waals surface area contributed by atoms with Crippen molar-refractivity contribution in [3.8, 4) is 0 Å². The van der Waals surface area contributed by atoms with E-state index in [9.17, 15) is 14.7 Å². The molecule has 1 N–H and O–H groups in total. The lowest BCUT2D eigenvalue weighted by molar-refractivity contribution is 0.0691. The van der Waals surface area contributed by atoms with Crippen LogP contribution in [0.4, 0.5) is 0 Å². The van der Waals surface area contributed by atoms with E-state index in [4.69, 9.17) is 0 Å². The highest BCUT2D eigenvalue weighted by Gasteiger charge is 2.23. The van der Waals surface area contributed by atoms with E-state index in [2.05, 4.69) is 4.98 Å². The van der Waals surface area contributed by atoms with Gasteiger partial charge in [0.05, 0.1) is 22.2 Å². The van der Waals surface area contributed by atoms with E-state index in [0.717, 1.165) is 5.52 Å². The van der Waals surface area contributed by atoms with E-state index in [-0.39, 0.29) is 23.0 Å². The van der Waals surface area contributed by atoms with Crippen LogP contribution in [0.25, 0.3) is 11.0 Å². The van der Waals surface area contributed by atoms with Gasteiger partial charge in [-0.2, -0.15) is 0 Å². The van der Waals surface area contributed by atoms with Crippen molar-refractivity contribution in [3.63, 3.8) is 0 Å². The van der Waals surface area contributed by atoms with Gasteiger partial charge in [0.25, 0.3) is 5.91 Å². The Hall–Kier alpha value is -2.95. The summed E-state index contributed by atoms with van der Waals surface area (Å²) in [6.45, 7) is 3.90. The van der Waals surface area contributed by atoms with Gasteiger partial charge in [0.2, 0.25) is 0 Å². The van der Waals surface area contributed by atoms with Crippen LogP contribution in [0.2, 0.25) is 0 Å². The van der Waals surface area contributed by atoms with Crippen LogP contribution in [0.1, 0.15) is 46.3 Å². The number of nitrogens with zero attached hydrogens (tertiary/aromatic N) is 2. The number of carbonyl (C=O) groups is 2. The summed E-state index contributed by atoms with van der Waals surface area (Å²) in [4.78, 5) is 29.0. The molecule has 0 spiro atoms. The first-order valence-electron chi connectivity index (χ1n) is 7.35. The largest absolute Gasteiger partial charge is 0.478 e. The predicted octanol–water partition coefficient (Wildman–Crippen LogP) is 3.55. The number of para-hydroxylation sites is 2. The maximum Gasteiger partial charge on any atom is 0.336 e. The molecule has 0 saturated carbocycles. The van der Waals surface area contributed by atoms with Gasteiger partial charge in [-0.3, -0.25) is 9.36 Å². The third-order valence-corrected chi connectivity index (χ3v) is 3.69. The number of aromatic carboxylic acids is 1. The third kappa shape index (κ3) is 2.50. The number of fused-ring (bicyclic) bond motifs is 1. The molecule has 0 saturated heterocycles. The maximum absolute atomic E-state index is 13.0. The summed E-state index contributed by atoms with van der Waals surface area (Å²) in [7, 11) is 0. The number of benzene rings is 2. The monoisotopic (exact) mass is 308 g/mol. The first-order chi connectivity index (χ1) is 11.0. The Labute approximate surface area is 133 Å². The average molecular weight is 308 g/mol. The van der Waals surface area contributed by atoms with E-state index < -0.39 is 5.97 Å². The Bertz CT molecular complexity index is 910. The molecular formula is C18H16N2O3. The SMILES string of the molecule is CC(C)c1nc2ccccc2n1C(=O)c1ccccc1C(=O)O. The van der Waals surface area contributed by atoms with Gasteiger partial charge in [0.1, 0.15) is 5.82 Å². The van der Waals surface area contributed by atoms with Gasteiger partial charge in [-0.1, -0.05) is 38.1 Å². The number of aromatic nitrogens is 2. The van der Waals surface area contributed by atoms with E-state index in [0.29, 0.717) is 11.3 Å². The van der Waals surface area contributed by atoms with Crippen molar-refractivity contribution in [2.45, 2.75) is 19.8 Å². The molecule has 0 aliphatic carbocycles. The van der Waals surface area contributed by atoms with Gasteiger partial charge < -0.3 is 5.11 Å². The lowest BCUT2D eigenvalue weighted by Gasteiger charge is -2.11. The first-order valence-corrected chi connectivity index (χ1v) is 7.35. The molecule has 23 heavy (non-hydrogen) atoms. The van der Waals surface area contributed by atoms with Crippen molar-refractivity contribution in [2.75, 3.05) is 0 Å². The molecule has 0 atom stereocenters. The molecule has 2 aromatic carbocycles.